The highest BCUT2D eigenvalue weighted by molar-refractivity contribution is 14.0. The van der Waals surface area contributed by atoms with Crippen LogP contribution >= 0.6 is 24.0 Å². The van der Waals surface area contributed by atoms with Crippen LogP contribution in [0.25, 0.3) is 0 Å². The second-order valence-electron chi connectivity index (χ2n) is 8.12. The molecule has 8 heteroatoms. The number of hydrogen-bond acceptors (Lipinski definition) is 5. The molecule has 3 heterocycles. The van der Waals surface area contributed by atoms with E-state index in [2.05, 4.69) is 45.1 Å². The van der Waals surface area contributed by atoms with E-state index in [9.17, 15) is 0 Å². The summed E-state index contributed by atoms with van der Waals surface area (Å²) >= 11 is 0. The van der Waals surface area contributed by atoms with E-state index in [4.69, 9.17) is 14.5 Å². The Bertz CT molecular complexity index is 696. The molecule has 1 aromatic carbocycles. The number of hydrogen-bond donors (Lipinski definition) is 1. The quantitative estimate of drug-likeness (QED) is 0.359. The van der Waals surface area contributed by atoms with Gasteiger partial charge < -0.3 is 24.6 Å². The molecule has 0 saturated carbocycles. The van der Waals surface area contributed by atoms with Gasteiger partial charge in [-0.05, 0) is 38.4 Å². The van der Waals surface area contributed by atoms with E-state index in [0.29, 0.717) is 6.04 Å². The van der Waals surface area contributed by atoms with Gasteiger partial charge in [-0.25, -0.2) is 0 Å². The first-order valence-electron chi connectivity index (χ1n) is 11.0. The van der Waals surface area contributed by atoms with Crippen molar-refractivity contribution in [1.29, 1.82) is 0 Å². The summed E-state index contributed by atoms with van der Waals surface area (Å²) in [6, 6.07) is 8.96. The molecule has 2 atom stereocenters. The third kappa shape index (κ3) is 5.70. The van der Waals surface area contributed by atoms with Crippen LogP contribution in [0.4, 0.5) is 5.69 Å². The van der Waals surface area contributed by atoms with Gasteiger partial charge in [0.2, 0.25) is 0 Å². The van der Waals surface area contributed by atoms with Crippen molar-refractivity contribution in [3.63, 3.8) is 0 Å². The van der Waals surface area contributed by atoms with Gasteiger partial charge in [0.25, 0.3) is 0 Å². The highest BCUT2D eigenvalue weighted by atomic mass is 127. The van der Waals surface area contributed by atoms with Crippen molar-refractivity contribution in [1.82, 2.24) is 15.1 Å². The SMILES string of the molecule is CCNC(=NCC1CN2CCCC2CO1)N1CCN(c2cccc(OC)c2)CC1.I. The number of piperazine rings is 1. The molecule has 1 aromatic rings. The third-order valence-electron chi connectivity index (χ3n) is 6.24. The van der Waals surface area contributed by atoms with E-state index in [1.807, 2.05) is 6.07 Å². The number of aliphatic imine (C=N–C) groups is 1. The van der Waals surface area contributed by atoms with Gasteiger partial charge in [0.15, 0.2) is 5.96 Å². The molecule has 0 amide bonds. The first-order chi connectivity index (χ1) is 14.3. The molecule has 3 fully saturated rings. The summed E-state index contributed by atoms with van der Waals surface area (Å²) in [4.78, 5) is 12.3. The molecule has 3 aliphatic rings. The lowest BCUT2D eigenvalue weighted by molar-refractivity contribution is -0.0432. The van der Waals surface area contributed by atoms with Crippen LogP contribution in [0.1, 0.15) is 19.8 Å². The van der Waals surface area contributed by atoms with Crippen molar-refractivity contribution >= 4 is 35.6 Å². The van der Waals surface area contributed by atoms with Crippen molar-refractivity contribution in [2.24, 2.45) is 4.99 Å². The maximum absolute atomic E-state index is 6.09. The van der Waals surface area contributed by atoms with Crippen molar-refractivity contribution < 1.29 is 9.47 Å². The Kier molecular flexibility index (Phi) is 8.88. The second kappa shape index (κ2) is 11.4. The molecule has 0 aliphatic carbocycles. The zero-order valence-corrected chi connectivity index (χ0v) is 20.6. The summed E-state index contributed by atoms with van der Waals surface area (Å²) in [5, 5.41) is 3.48. The zero-order chi connectivity index (χ0) is 20.1. The van der Waals surface area contributed by atoms with Crippen molar-refractivity contribution in [2.45, 2.75) is 31.9 Å². The van der Waals surface area contributed by atoms with Gasteiger partial charge >= 0.3 is 0 Å². The maximum atomic E-state index is 6.09. The number of ether oxygens (including phenoxy) is 2. The van der Waals surface area contributed by atoms with Crippen molar-refractivity contribution in [2.75, 3.05) is 71.0 Å². The molecular weight excluding hydrogens is 493 g/mol. The predicted molar refractivity (Wildman–Crippen MR) is 133 cm³/mol. The molecule has 0 aromatic heterocycles. The van der Waals surface area contributed by atoms with Crippen LogP contribution in [0.15, 0.2) is 29.3 Å². The van der Waals surface area contributed by atoms with Gasteiger partial charge in [0, 0.05) is 57.1 Å². The van der Waals surface area contributed by atoms with Crippen LogP contribution in [-0.4, -0.2) is 94.0 Å². The third-order valence-corrected chi connectivity index (χ3v) is 6.24. The Labute approximate surface area is 197 Å². The van der Waals surface area contributed by atoms with Gasteiger partial charge in [-0.2, -0.15) is 0 Å². The maximum Gasteiger partial charge on any atom is 0.194 e. The number of nitrogens with zero attached hydrogens (tertiary/aromatic N) is 4. The minimum atomic E-state index is 0. The number of methoxy groups -OCH3 is 1. The van der Waals surface area contributed by atoms with E-state index in [1.54, 1.807) is 7.11 Å². The highest BCUT2D eigenvalue weighted by Crippen LogP contribution is 2.23. The van der Waals surface area contributed by atoms with E-state index >= 15 is 0 Å². The van der Waals surface area contributed by atoms with Crippen LogP contribution in [0.5, 0.6) is 5.75 Å². The topological polar surface area (TPSA) is 52.6 Å². The number of benzene rings is 1. The number of rotatable bonds is 5. The molecule has 168 valence electrons. The van der Waals surface area contributed by atoms with Crippen LogP contribution < -0.4 is 15.0 Å². The molecule has 1 N–H and O–H groups in total. The predicted octanol–water partition coefficient (Wildman–Crippen LogP) is 2.26. The summed E-state index contributed by atoms with van der Waals surface area (Å²) in [5.41, 5.74) is 1.22. The van der Waals surface area contributed by atoms with Crippen LogP contribution in [0.2, 0.25) is 0 Å². The van der Waals surface area contributed by atoms with E-state index in [-0.39, 0.29) is 30.1 Å². The highest BCUT2D eigenvalue weighted by Gasteiger charge is 2.32. The summed E-state index contributed by atoms with van der Waals surface area (Å²) in [6.45, 7) is 10.8. The summed E-state index contributed by atoms with van der Waals surface area (Å²) in [7, 11) is 1.72. The van der Waals surface area contributed by atoms with E-state index < -0.39 is 0 Å². The number of anilines is 1. The number of guanidine groups is 1. The van der Waals surface area contributed by atoms with E-state index in [1.165, 1.54) is 25.1 Å². The summed E-state index contributed by atoms with van der Waals surface area (Å²) < 4.78 is 11.5. The fourth-order valence-corrected chi connectivity index (χ4v) is 4.59. The molecular formula is C22H36IN5O2. The Morgan fingerprint density at radius 3 is 2.83 bits per heavy atom. The Hall–Kier alpha value is -1.26. The Morgan fingerprint density at radius 2 is 2.07 bits per heavy atom. The van der Waals surface area contributed by atoms with E-state index in [0.717, 1.165) is 64.1 Å². The molecule has 0 spiro atoms. The van der Waals surface area contributed by atoms with Gasteiger partial charge in [-0.1, -0.05) is 6.07 Å². The molecule has 3 saturated heterocycles. The van der Waals surface area contributed by atoms with Gasteiger partial charge in [-0.15, -0.1) is 24.0 Å². The fraction of sp³-hybridized carbons (Fsp3) is 0.682. The lowest BCUT2D eigenvalue weighted by Gasteiger charge is -2.38. The van der Waals surface area contributed by atoms with Gasteiger partial charge in [0.05, 0.1) is 26.4 Å². The average molecular weight is 529 g/mol. The Morgan fingerprint density at radius 1 is 1.23 bits per heavy atom. The normalized spacial score (nSPS) is 24.9. The number of halogens is 1. The van der Waals surface area contributed by atoms with Crippen LogP contribution in [0, 0.1) is 0 Å². The van der Waals surface area contributed by atoms with Crippen molar-refractivity contribution in [3.8, 4) is 5.75 Å². The molecule has 4 rings (SSSR count). The lowest BCUT2D eigenvalue weighted by Crippen LogP contribution is -2.53. The zero-order valence-electron chi connectivity index (χ0n) is 18.3. The number of fused-ring (bicyclic) bond motifs is 1. The minimum absolute atomic E-state index is 0. The average Bonchev–Trinajstić information content (AvgIpc) is 3.25. The number of morpholine rings is 1. The fourth-order valence-electron chi connectivity index (χ4n) is 4.59. The van der Waals surface area contributed by atoms with Crippen LogP contribution in [0.3, 0.4) is 0 Å². The Balaban J connectivity index is 0.00000256. The first kappa shape index (κ1) is 23.4. The molecule has 30 heavy (non-hydrogen) atoms. The summed E-state index contributed by atoms with van der Waals surface area (Å²) in [6.07, 6.45) is 2.82. The van der Waals surface area contributed by atoms with Crippen molar-refractivity contribution in [3.05, 3.63) is 24.3 Å². The van der Waals surface area contributed by atoms with Crippen LogP contribution in [-0.2, 0) is 4.74 Å². The first-order valence-corrected chi connectivity index (χ1v) is 11.0. The summed E-state index contributed by atoms with van der Waals surface area (Å²) in [5.74, 6) is 1.93. The molecule has 7 nitrogen and oxygen atoms in total. The molecule has 3 aliphatic heterocycles. The monoisotopic (exact) mass is 529 g/mol. The lowest BCUT2D eigenvalue weighted by atomic mass is 10.2. The smallest absolute Gasteiger partial charge is 0.194 e. The van der Waals surface area contributed by atoms with Gasteiger partial charge in [-0.3, -0.25) is 9.89 Å². The molecule has 2 unspecified atom stereocenters. The standard InChI is InChI=1S/C22H35N5O2.HI/c1-3-23-22(24-15-21-16-27-9-5-7-19(27)17-29-21)26-12-10-25(11-13-26)18-6-4-8-20(14-18)28-2;/h4,6,8,14,19,21H,3,5,7,9-13,15-17H2,1-2H3,(H,23,24);1H. The minimum Gasteiger partial charge on any atom is -0.497 e. The van der Waals surface area contributed by atoms with Gasteiger partial charge in [0.1, 0.15) is 5.75 Å². The molecule has 0 bridgehead atoms. The number of nitrogens with one attached hydrogen (secondary N) is 1. The largest absolute Gasteiger partial charge is 0.497 e. The second-order valence-corrected chi connectivity index (χ2v) is 8.12. The molecule has 0 radical (unpaired) electrons.